The first-order valence-electron chi connectivity index (χ1n) is 6.51. The quantitative estimate of drug-likeness (QED) is 0.859. The molecule has 0 amide bonds. The van der Waals surface area contributed by atoms with Gasteiger partial charge in [-0.05, 0) is 44.9 Å². The van der Waals surface area contributed by atoms with E-state index in [4.69, 9.17) is 0 Å². The molecule has 17 heavy (non-hydrogen) atoms. The van der Waals surface area contributed by atoms with Crippen LogP contribution in [0.15, 0.2) is 6.20 Å². The second kappa shape index (κ2) is 4.41. The van der Waals surface area contributed by atoms with E-state index >= 15 is 0 Å². The fraction of sp³-hybridized carbons (Fsp3) is 0.846. The Morgan fingerprint density at radius 3 is 2.29 bits per heavy atom. The first-order chi connectivity index (χ1) is 7.86. The molecule has 0 spiro atoms. The van der Waals surface area contributed by atoms with Crippen molar-refractivity contribution in [3.63, 3.8) is 0 Å². The van der Waals surface area contributed by atoms with Crippen LogP contribution in [0.1, 0.15) is 58.7 Å². The summed E-state index contributed by atoms with van der Waals surface area (Å²) in [6.07, 6.45) is 5.54. The maximum atomic E-state index is 9.89. The van der Waals surface area contributed by atoms with Gasteiger partial charge >= 0.3 is 0 Å². The molecule has 1 heterocycles. The molecule has 4 nitrogen and oxygen atoms in total. The highest BCUT2D eigenvalue weighted by molar-refractivity contribution is 5.03. The van der Waals surface area contributed by atoms with Crippen molar-refractivity contribution in [2.45, 2.75) is 58.6 Å². The maximum Gasteiger partial charge on any atom is 0.114 e. The maximum absolute atomic E-state index is 9.89. The highest BCUT2D eigenvalue weighted by atomic mass is 16.3. The minimum Gasteiger partial charge on any atom is -0.384 e. The highest BCUT2D eigenvalue weighted by Gasteiger charge is 2.27. The van der Waals surface area contributed by atoms with Gasteiger partial charge in [-0.2, -0.15) is 0 Å². The molecular weight excluding hydrogens is 214 g/mol. The van der Waals surface area contributed by atoms with Gasteiger partial charge in [-0.25, -0.2) is 4.68 Å². The number of nitrogens with zero attached hydrogens (tertiary/aromatic N) is 3. The number of rotatable bonds is 2. The van der Waals surface area contributed by atoms with Crippen molar-refractivity contribution in [2.75, 3.05) is 0 Å². The van der Waals surface area contributed by atoms with Crippen LogP contribution < -0.4 is 0 Å². The van der Waals surface area contributed by atoms with E-state index in [9.17, 15) is 5.11 Å². The average Bonchev–Trinajstić information content (AvgIpc) is 2.63. The molecule has 0 aromatic carbocycles. The Morgan fingerprint density at radius 1 is 1.24 bits per heavy atom. The van der Waals surface area contributed by atoms with Crippen molar-refractivity contribution in [2.24, 2.45) is 11.8 Å². The largest absolute Gasteiger partial charge is 0.384 e. The molecule has 1 aliphatic rings. The van der Waals surface area contributed by atoms with Crippen LogP contribution in [-0.2, 0) is 5.60 Å². The van der Waals surface area contributed by atoms with Crippen LogP contribution in [0.25, 0.3) is 0 Å². The van der Waals surface area contributed by atoms with Gasteiger partial charge in [0.2, 0.25) is 0 Å². The van der Waals surface area contributed by atoms with Crippen molar-refractivity contribution in [1.82, 2.24) is 15.0 Å². The Kier molecular flexibility index (Phi) is 3.25. The van der Waals surface area contributed by atoms with Crippen LogP contribution >= 0.6 is 0 Å². The number of hydrogen-bond donors (Lipinski definition) is 1. The molecule has 0 bridgehead atoms. The molecule has 1 fully saturated rings. The highest BCUT2D eigenvalue weighted by Crippen LogP contribution is 2.35. The first-order valence-corrected chi connectivity index (χ1v) is 6.51. The lowest BCUT2D eigenvalue weighted by Crippen LogP contribution is -2.23. The summed E-state index contributed by atoms with van der Waals surface area (Å²) in [6, 6.07) is 0.442. The predicted molar refractivity (Wildman–Crippen MR) is 66.5 cm³/mol. The van der Waals surface area contributed by atoms with Crippen LogP contribution in [0.5, 0.6) is 0 Å². The Balaban J connectivity index is 2.14. The van der Waals surface area contributed by atoms with Crippen molar-refractivity contribution in [3.8, 4) is 0 Å². The zero-order valence-corrected chi connectivity index (χ0v) is 11.2. The molecule has 1 saturated carbocycles. The third-order valence-corrected chi connectivity index (χ3v) is 3.66. The molecule has 0 aliphatic heterocycles. The summed E-state index contributed by atoms with van der Waals surface area (Å²) in [5.74, 6) is 1.50. The smallest absolute Gasteiger partial charge is 0.114 e. The molecule has 1 N–H and O–H groups in total. The summed E-state index contributed by atoms with van der Waals surface area (Å²) in [6.45, 7) is 8.09. The van der Waals surface area contributed by atoms with Gasteiger partial charge in [0.15, 0.2) is 0 Å². The fourth-order valence-electron chi connectivity index (χ4n) is 2.86. The van der Waals surface area contributed by atoms with E-state index < -0.39 is 5.60 Å². The molecule has 1 aromatic rings. The molecule has 1 aromatic heterocycles. The Hall–Kier alpha value is -0.900. The minimum absolute atomic E-state index is 0.442. The van der Waals surface area contributed by atoms with Crippen LogP contribution in [0.3, 0.4) is 0 Å². The van der Waals surface area contributed by atoms with Gasteiger partial charge in [0.1, 0.15) is 11.3 Å². The normalized spacial score (nSPS) is 30.5. The summed E-state index contributed by atoms with van der Waals surface area (Å²) < 4.78 is 1.94. The zero-order valence-electron chi connectivity index (χ0n) is 11.2. The Morgan fingerprint density at radius 2 is 1.82 bits per heavy atom. The summed E-state index contributed by atoms with van der Waals surface area (Å²) in [7, 11) is 0. The lowest BCUT2D eigenvalue weighted by Gasteiger charge is -2.31. The van der Waals surface area contributed by atoms with Gasteiger partial charge in [0.25, 0.3) is 0 Å². The van der Waals surface area contributed by atoms with E-state index in [0.717, 1.165) is 11.8 Å². The summed E-state index contributed by atoms with van der Waals surface area (Å²) in [4.78, 5) is 0. The van der Waals surface area contributed by atoms with E-state index in [1.807, 2.05) is 10.9 Å². The predicted octanol–water partition coefficient (Wildman–Crippen LogP) is 2.50. The topological polar surface area (TPSA) is 50.9 Å². The summed E-state index contributed by atoms with van der Waals surface area (Å²) in [5, 5.41) is 18.1. The number of aromatic nitrogens is 3. The molecule has 2 atom stereocenters. The third kappa shape index (κ3) is 2.86. The van der Waals surface area contributed by atoms with E-state index in [1.165, 1.54) is 19.3 Å². The van der Waals surface area contributed by atoms with Gasteiger partial charge in [-0.1, -0.05) is 19.1 Å². The monoisotopic (exact) mass is 237 g/mol. The third-order valence-electron chi connectivity index (χ3n) is 3.66. The Bertz CT molecular complexity index is 370. The second-order valence-electron chi connectivity index (χ2n) is 6.21. The second-order valence-corrected chi connectivity index (χ2v) is 6.21. The molecular formula is C13H23N3O. The molecule has 4 heteroatoms. The van der Waals surface area contributed by atoms with E-state index in [1.54, 1.807) is 13.8 Å². The minimum atomic E-state index is -0.899. The van der Waals surface area contributed by atoms with Gasteiger partial charge in [0, 0.05) is 0 Å². The van der Waals surface area contributed by atoms with E-state index in [0.29, 0.717) is 11.7 Å². The van der Waals surface area contributed by atoms with Crippen molar-refractivity contribution >= 4 is 0 Å². The van der Waals surface area contributed by atoms with Gasteiger partial charge in [-0.15, -0.1) is 5.10 Å². The zero-order chi connectivity index (χ0) is 12.6. The molecule has 0 radical (unpaired) electrons. The van der Waals surface area contributed by atoms with Gasteiger partial charge in [0.05, 0.1) is 12.2 Å². The van der Waals surface area contributed by atoms with Crippen LogP contribution in [0.2, 0.25) is 0 Å². The summed E-state index contributed by atoms with van der Waals surface area (Å²) in [5.41, 5.74) is -0.243. The molecule has 96 valence electrons. The lowest BCUT2D eigenvalue weighted by molar-refractivity contribution is 0.0736. The van der Waals surface area contributed by atoms with Crippen molar-refractivity contribution in [1.29, 1.82) is 0 Å². The summed E-state index contributed by atoms with van der Waals surface area (Å²) >= 11 is 0. The SMILES string of the molecule is CC1CC(C)CC(n2cc(C(C)(C)O)nn2)C1. The van der Waals surface area contributed by atoms with Gasteiger partial charge in [-0.3, -0.25) is 0 Å². The Labute approximate surface area is 103 Å². The standard InChI is InChI=1S/C13H23N3O/c1-9-5-10(2)7-11(6-9)16-8-12(14-15-16)13(3,4)17/h8-11,17H,5-7H2,1-4H3. The van der Waals surface area contributed by atoms with E-state index in [-0.39, 0.29) is 0 Å². The van der Waals surface area contributed by atoms with Crippen molar-refractivity contribution in [3.05, 3.63) is 11.9 Å². The van der Waals surface area contributed by atoms with E-state index in [2.05, 4.69) is 24.2 Å². The number of aliphatic hydroxyl groups is 1. The number of hydrogen-bond acceptors (Lipinski definition) is 3. The molecule has 0 saturated heterocycles. The van der Waals surface area contributed by atoms with Gasteiger partial charge < -0.3 is 5.11 Å². The molecule has 1 aliphatic carbocycles. The average molecular weight is 237 g/mol. The first kappa shape index (κ1) is 12.6. The van der Waals surface area contributed by atoms with Crippen LogP contribution in [0, 0.1) is 11.8 Å². The molecule has 2 unspecified atom stereocenters. The van der Waals surface area contributed by atoms with Crippen LogP contribution in [-0.4, -0.2) is 20.1 Å². The van der Waals surface area contributed by atoms with Crippen molar-refractivity contribution < 1.29 is 5.11 Å². The van der Waals surface area contributed by atoms with Crippen LogP contribution in [0.4, 0.5) is 0 Å². The lowest BCUT2D eigenvalue weighted by atomic mass is 9.80. The fourth-order valence-corrected chi connectivity index (χ4v) is 2.86. The molecule has 2 rings (SSSR count).